The molecule has 0 saturated carbocycles. The van der Waals surface area contributed by atoms with Crippen LogP contribution in [0.4, 0.5) is 0 Å². The Morgan fingerprint density at radius 1 is 1.09 bits per heavy atom. The van der Waals surface area contributed by atoms with E-state index in [0.717, 1.165) is 0 Å². The highest BCUT2D eigenvalue weighted by Crippen LogP contribution is 2.40. The average molecular weight is 433 g/mol. The van der Waals surface area contributed by atoms with Crippen molar-refractivity contribution in [3.05, 3.63) is 43.6 Å². The van der Waals surface area contributed by atoms with Crippen molar-refractivity contribution in [1.29, 1.82) is 0 Å². The zero-order valence-corrected chi connectivity index (χ0v) is 15.0. The van der Waals surface area contributed by atoms with Crippen LogP contribution >= 0.6 is 31.9 Å². The van der Waals surface area contributed by atoms with E-state index >= 15 is 0 Å². The Hall–Kier alpha value is -0.990. The summed E-state index contributed by atoms with van der Waals surface area (Å²) in [5.74, 6) is -0.126. The van der Waals surface area contributed by atoms with Crippen molar-refractivity contribution in [3.63, 3.8) is 0 Å². The Balaban J connectivity index is 2.76. The van der Waals surface area contributed by atoms with E-state index in [4.69, 9.17) is 0 Å². The SMILES string of the molecule is CC(=O)c1[nH]c(Br)c(-c2ccc(CO)c(CO)c2CO)c1Br. The third-order valence-electron chi connectivity index (χ3n) is 3.53. The summed E-state index contributed by atoms with van der Waals surface area (Å²) < 4.78 is 1.18. The molecule has 0 fully saturated rings. The van der Waals surface area contributed by atoms with Gasteiger partial charge < -0.3 is 20.3 Å². The maximum absolute atomic E-state index is 11.6. The summed E-state index contributed by atoms with van der Waals surface area (Å²) in [6.45, 7) is 0.641. The number of aromatic nitrogens is 1. The number of benzene rings is 1. The molecule has 7 heteroatoms. The van der Waals surface area contributed by atoms with Crippen LogP contribution in [0.25, 0.3) is 11.1 Å². The number of hydrogen-bond acceptors (Lipinski definition) is 4. The highest BCUT2D eigenvalue weighted by molar-refractivity contribution is 9.11. The molecule has 0 spiro atoms. The number of carbonyl (C=O) groups excluding carboxylic acids is 1. The summed E-state index contributed by atoms with van der Waals surface area (Å²) in [5.41, 5.74) is 3.35. The molecule has 22 heavy (non-hydrogen) atoms. The van der Waals surface area contributed by atoms with Crippen LogP contribution in [-0.4, -0.2) is 26.1 Å². The number of carbonyl (C=O) groups is 1. The minimum absolute atomic E-state index is 0.126. The number of hydrogen-bond donors (Lipinski definition) is 4. The van der Waals surface area contributed by atoms with Crippen LogP contribution < -0.4 is 0 Å². The average Bonchev–Trinajstić information content (AvgIpc) is 2.80. The van der Waals surface area contributed by atoms with Gasteiger partial charge in [0.05, 0.1) is 34.6 Å². The van der Waals surface area contributed by atoms with Crippen LogP contribution in [0.15, 0.2) is 21.2 Å². The van der Waals surface area contributed by atoms with E-state index in [0.29, 0.717) is 42.6 Å². The van der Waals surface area contributed by atoms with Crippen LogP contribution in [0, 0.1) is 0 Å². The van der Waals surface area contributed by atoms with Crippen molar-refractivity contribution in [3.8, 4) is 11.1 Å². The summed E-state index contributed by atoms with van der Waals surface area (Å²) in [4.78, 5) is 14.6. The van der Waals surface area contributed by atoms with Gasteiger partial charge in [0.1, 0.15) is 0 Å². The third-order valence-corrected chi connectivity index (χ3v) is 4.92. The van der Waals surface area contributed by atoms with Gasteiger partial charge >= 0.3 is 0 Å². The lowest BCUT2D eigenvalue weighted by Crippen LogP contribution is -2.03. The predicted molar refractivity (Wildman–Crippen MR) is 89.4 cm³/mol. The van der Waals surface area contributed by atoms with Crippen LogP contribution in [-0.2, 0) is 19.8 Å². The fourth-order valence-corrected chi connectivity index (χ4v) is 4.10. The van der Waals surface area contributed by atoms with E-state index in [-0.39, 0.29) is 25.6 Å². The molecular weight excluding hydrogens is 418 g/mol. The highest BCUT2D eigenvalue weighted by atomic mass is 79.9. The lowest BCUT2D eigenvalue weighted by Gasteiger charge is -2.15. The lowest BCUT2D eigenvalue weighted by molar-refractivity contribution is 0.101. The molecule has 0 aliphatic carbocycles. The molecule has 0 aliphatic rings. The van der Waals surface area contributed by atoms with Gasteiger partial charge in [-0.1, -0.05) is 12.1 Å². The maximum atomic E-state index is 11.6. The second-order valence-electron chi connectivity index (χ2n) is 4.76. The van der Waals surface area contributed by atoms with E-state index < -0.39 is 0 Å². The Bertz CT molecular complexity index is 725. The van der Waals surface area contributed by atoms with Crippen LogP contribution in [0.2, 0.25) is 0 Å². The van der Waals surface area contributed by atoms with Crippen LogP contribution in [0.1, 0.15) is 34.1 Å². The fourth-order valence-electron chi connectivity index (χ4n) is 2.43. The second kappa shape index (κ2) is 7.06. The number of aliphatic hydroxyl groups is 3. The number of aliphatic hydroxyl groups excluding tert-OH is 3. The first kappa shape index (κ1) is 17.4. The van der Waals surface area contributed by atoms with Crippen molar-refractivity contribution < 1.29 is 20.1 Å². The smallest absolute Gasteiger partial charge is 0.177 e. The standard InChI is InChI=1S/C15H15Br2NO4/c1-7(22)14-13(16)12(15(17)18-14)9-3-2-8(4-19)10(5-20)11(9)6-21/h2-3,18-21H,4-6H2,1H3. The van der Waals surface area contributed by atoms with Crippen molar-refractivity contribution in [2.75, 3.05) is 0 Å². The number of H-pyrrole nitrogens is 1. The molecule has 1 aromatic carbocycles. The Kier molecular flexibility index (Phi) is 5.57. The monoisotopic (exact) mass is 431 g/mol. The summed E-state index contributed by atoms with van der Waals surface area (Å²) in [5, 5.41) is 28.6. The molecule has 0 radical (unpaired) electrons. The highest BCUT2D eigenvalue weighted by Gasteiger charge is 2.22. The van der Waals surface area contributed by atoms with Gasteiger partial charge in [-0.2, -0.15) is 0 Å². The topological polar surface area (TPSA) is 93.6 Å². The largest absolute Gasteiger partial charge is 0.392 e. The summed E-state index contributed by atoms with van der Waals surface area (Å²) in [6.07, 6.45) is 0. The number of Topliss-reactive ketones (excluding diaryl/α,β-unsaturated/α-hetero) is 1. The zero-order valence-electron chi connectivity index (χ0n) is 11.8. The molecule has 2 aromatic rings. The quantitative estimate of drug-likeness (QED) is 0.546. The lowest BCUT2D eigenvalue weighted by atomic mass is 9.93. The third kappa shape index (κ3) is 2.91. The summed E-state index contributed by atoms with van der Waals surface area (Å²) in [7, 11) is 0. The van der Waals surface area contributed by atoms with Crippen molar-refractivity contribution >= 4 is 37.6 Å². The van der Waals surface area contributed by atoms with Crippen molar-refractivity contribution in [2.24, 2.45) is 0 Å². The molecule has 1 heterocycles. The minimum Gasteiger partial charge on any atom is -0.392 e. The van der Waals surface area contributed by atoms with E-state index in [1.54, 1.807) is 12.1 Å². The van der Waals surface area contributed by atoms with Crippen molar-refractivity contribution in [2.45, 2.75) is 26.7 Å². The first-order valence-corrected chi connectivity index (χ1v) is 8.09. The fraction of sp³-hybridized carbons (Fsp3) is 0.267. The van der Waals surface area contributed by atoms with E-state index in [1.165, 1.54) is 6.92 Å². The summed E-state index contributed by atoms with van der Waals surface area (Å²) >= 11 is 6.80. The van der Waals surface area contributed by atoms with E-state index in [2.05, 4.69) is 36.8 Å². The molecule has 0 saturated heterocycles. The predicted octanol–water partition coefficient (Wildman–Crippen LogP) is 2.89. The molecule has 118 valence electrons. The van der Waals surface area contributed by atoms with E-state index in [9.17, 15) is 20.1 Å². The Morgan fingerprint density at radius 3 is 2.18 bits per heavy atom. The van der Waals surface area contributed by atoms with Gasteiger partial charge in [0.15, 0.2) is 5.78 Å². The number of aromatic amines is 1. The van der Waals surface area contributed by atoms with Gasteiger partial charge in [0, 0.05) is 12.5 Å². The Labute approximate surface area is 144 Å². The molecule has 0 bridgehead atoms. The summed E-state index contributed by atoms with van der Waals surface area (Å²) in [6, 6.07) is 3.44. The molecule has 2 rings (SSSR count). The van der Waals surface area contributed by atoms with Gasteiger partial charge in [-0.05, 0) is 54.1 Å². The molecule has 0 atom stereocenters. The van der Waals surface area contributed by atoms with Gasteiger partial charge in [-0.3, -0.25) is 4.79 Å². The first-order chi connectivity index (χ1) is 10.5. The van der Waals surface area contributed by atoms with Gasteiger partial charge in [-0.15, -0.1) is 0 Å². The molecular formula is C15H15Br2NO4. The first-order valence-electron chi connectivity index (χ1n) is 6.50. The van der Waals surface area contributed by atoms with E-state index in [1.807, 2.05) is 0 Å². The minimum atomic E-state index is -0.293. The van der Waals surface area contributed by atoms with Crippen LogP contribution in [0.5, 0.6) is 0 Å². The number of nitrogens with one attached hydrogen (secondary N) is 1. The van der Waals surface area contributed by atoms with Crippen LogP contribution in [0.3, 0.4) is 0 Å². The van der Waals surface area contributed by atoms with Gasteiger partial charge in [0.25, 0.3) is 0 Å². The number of halogens is 2. The second-order valence-corrected chi connectivity index (χ2v) is 6.35. The zero-order chi connectivity index (χ0) is 16.4. The normalized spacial score (nSPS) is 11.0. The Morgan fingerprint density at radius 2 is 1.73 bits per heavy atom. The molecule has 0 unspecified atom stereocenters. The molecule has 0 amide bonds. The molecule has 5 nitrogen and oxygen atoms in total. The molecule has 4 N–H and O–H groups in total. The number of ketones is 1. The molecule has 0 aliphatic heterocycles. The maximum Gasteiger partial charge on any atom is 0.177 e. The van der Waals surface area contributed by atoms with Gasteiger partial charge in [0.2, 0.25) is 0 Å². The van der Waals surface area contributed by atoms with Crippen molar-refractivity contribution in [1.82, 2.24) is 4.98 Å². The number of rotatable bonds is 5. The molecule has 1 aromatic heterocycles. The van der Waals surface area contributed by atoms with Gasteiger partial charge in [-0.25, -0.2) is 0 Å².